The van der Waals surface area contributed by atoms with E-state index in [0.717, 1.165) is 0 Å². The number of carbonyl (C=O) groups is 3. The van der Waals surface area contributed by atoms with Crippen LogP contribution in [0.15, 0.2) is 48.5 Å². The van der Waals surface area contributed by atoms with Gasteiger partial charge in [-0.25, -0.2) is 9.59 Å². The molecule has 8 heteroatoms. The van der Waals surface area contributed by atoms with Crippen LogP contribution in [0.5, 0.6) is 0 Å². The van der Waals surface area contributed by atoms with E-state index in [4.69, 9.17) is 9.47 Å². The van der Waals surface area contributed by atoms with Crippen LogP contribution in [0, 0.1) is 0 Å². The minimum atomic E-state index is -0.624. The van der Waals surface area contributed by atoms with Crippen molar-refractivity contribution in [1.29, 1.82) is 0 Å². The second-order valence-electron chi connectivity index (χ2n) is 5.36. The van der Waals surface area contributed by atoms with Gasteiger partial charge in [0.15, 0.2) is 0 Å². The zero-order valence-electron chi connectivity index (χ0n) is 15.0. The van der Waals surface area contributed by atoms with Crippen LogP contribution in [-0.4, -0.2) is 45.4 Å². The third-order valence-corrected chi connectivity index (χ3v) is 3.43. The summed E-state index contributed by atoms with van der Waals surface area (Å²) in [6.45, 7) is 0.434. The Morgan fingerprint density at radius 1 is 0.852 bits per heavy atom. The van der Waals surface area contributed by atoms with Crippen molar-refractivity contribution in [2.45, 2.75) is 0 Å². The SMILES string of the molecule is COCCOC(=O)Nc1cccc(NC(=O)c2cccc(C(=O)OC)c2)c1. The first-order chi connectivity index (χ1) is 13.0. The number of rotatable bonds is 7. The molecule has 0 aromatic heterocycles. The van der Waals surface area contributed by atoms with Crippen LogP contribution in [0.4, 0.5) is 16.2 Å². The molecule has 2 aromatic carbocycles. The van der Waals surface area contributed by atoms with E-state index in [1.54, 1.807) is 42.5 Å². The standard InChI is InChI=1S/C19H20N2O6/c1-25-9-10-27-19(24)21-16-8-4-7-15(12-16)20-17(22)13-5-3-6-14(11-13)18(23)26-2/h3-8,11-12H,9-10H2,1-2H3,(H,20,22)(H,21,24). The summed E-state index contributed by atoms with van der Waals surface area (Å²) in [5.41, 5.74) is 1.51. The maximum Gasteiger partial charge on any atom is 0.411 e. The van der Waals surface area contributed by atoms with Crippen molar-refractivity contribution >= 4 is 29.3 Å². The highest BCUT2D eigenvalue weighted by Crippen LogP contribution is 2.17. The van der Waals surface area contributed by atoms with Gasteiger partial charge in [0.05, 0.1) is 19.3 Å². The molecule has 142 valence electrons. The molecule has 0 aliphatic rings. The second kappa shape index (κ2) is 9.93. The maximum atomic E-state index is 12.4. The van der Waals surface area contributed by atoms with Crippen molar-refractivity contribution in [1.82, 2.24) is 0 Å². The van der Waals surface area contributed by atoms with Gasteiger partial charge in [-0.2, -0.15) is 0 Å². The number of carbonyl (C=O) groups excluding carboxylic acids is 3. The van der Waals surface area contributed by atoms with Crippen molar-refractivity contribution in [3.8, 4) is 0 Å². The monoisotopic (exact) mass is 372 g/mol. The number of nitrogens with one attached hydrogen (secondary N) is 2. The zero-order valence-corrected chi connectivity index (χ0v) is 15.0. The molecule has 8 nitrogen and oxygen atoms in total. The van der Waals surface area contributed by atoms with Gasteiger partial charge in [0.25, 0.3) is 5.91 Å². The Kier molecular flexibility index (Phi) is 7.33. The van der Waals surface area contributed by atoms with Gasteiger partial charge in [0, 0.05) is 24.0 Å². The van der Waals surface area contributed by atoms with Gasteiger partial charge in [-0.15, -0.1) is 0 Å². The zero-order chi connectivity index (χ0) is 19.6. The number of methoxy groups -OCH3 is 2. The summed E-state index contributed by atoms with van der Waals surface area (Å²) in [5, 5.41) is 5.26. The summed E-state index contributed by atoms with van der Waals surface area (Å²) in [5.74, 6) is -0.927. The average Bonchev–Trinajstić information content (AvgIpc) is 2.68. The molecule has 2 rings (SSSR count). The third-order valence-electron chi connectivity index (χ3n) is 3.43. The first-order valence-corrected chi connectivity index (χ1v) is 8.06. The molecule has 27 heavy (non-hydrogen) atoms. The van der Waals surface area contributed by atoms with E-state index in [-0.39, 0.29) is 12.2 Å². The van der Waals surface area contributed by atoms with Crippen molar-refractivity contribution in [3.05, 3.63) is 59.7 Å². The molecule has 2 aromatic rings. The molecule has 0 bridgehead atoms. The van der Waals surface area contributed by atoms with Gasteiger partial charge in [0.2, 0.25) is 0 Å². The van der Waals surface area contributed by atoms with E-state index in [1.165, 1.54) is 20.3 Å². The van der Waals surface area contributed by atoms with Crippen molar-refractivity contribution in [2.75, 3.05) is 38.1 Å². The van der Waals surface area contributed by atoms with Gasteiger partial charge in [-0.05, 0) is 36.4 Å². The molecule has 0 heterocycles. The second-order valence-corrected chi connectivity index (χ2v) is 5.36. The molecule has 0 saturated heterocycles. The van der Waals surface area contributed by atoms with Gasteiger partial charge >= 0.3 is 12.1 Å². The number of esters is 1. The quantitative estimate of drug-likeness (QED) is 0.572. The van der Waals surface area contributed by atoms with Gasteiger partial charge in [-0.3, -0.25) is 10.1 Å². The van der Waals surface area contributed by atoms with Crippen LogP contribution in [0.3, 0.4) is 0 Å². The van der Waals surface area contributed by atoms with Gasteiger partial charge in [0.1, 0.15) is 6.61 Å². The summed E-state index contributed by atoms with van der Waals surface area (Å²) in [4.78, 5) is 35.6. The van der Waals surface area contributed by atoms with E-state index in [2.05, 4.69) is 15.4 Å². The average molecular weight is 372 g/mol. The minimum Gasteiger partial charge on any atom is -0.465 e. The molecule has 0 saturated carbocycles. The van der Waals surface area contributed by atoms with Gasteiger partial charge in [-0.1, -0.05) is 12.1 Å². The lowest BCUT2D eigenvalue weighted by Crippen LogP contribution is -2.17. The summed E-state index contributed by atoms with van der Waals surface area (Å²) >= 11 is 0. The van der Waals surface area contributed by atoms with E-state index >= 15 is 0 Å². The molecule has 0 aliphatic carbocycles. The molecule has 2 amide bonds. The number of hydrogen-bond acceptors (Lipinski definition) is 6. The molecule has 0 spiro atoms. The molecular weight excluding hydrogens is 352 g/mol. The Hall–Kier alpha value is -3.39. The Balaban J connectivity index is 2.02. The summed E-state index contributed by atoms with van der Waals surface area (Å²) in [6, 6.07) is 12.8. The van der Waals surface area contributed by atoms with Crippen molar-refractivity contribution in [3.63, 3.8) is 0 Å². The fourth-order valence-electron chi connectivity index (χ4n) is 2.15. The highest BCUT2D eigenvalue weighted by Gasteiger charge is 2.11. The number of anilines is 2. The lowest BCUT2D eigenvalue weighted by Gasteiger charge is -2.10. The number of benzene rings is 2. The third kappa shape index (κ3) is 6.12. The van der Waals surface area contributed by atoms with Crippen LogP contribution >= 0.6 is 0 Å². The minimum absolute atomic E-state index is 0.134. The van der Waals surface area contributed by atoms with Crippen LogP contribution in [0.2, 0.25) is 0 Å². The lowest BCUT2D eigenvalue weighted by atomic mass is 10.1. The molecule has 2 N–H and O–H groups in total. The van der Waals surface area contributed by atoms with Crippen LogP contribution in [0.1, 0.15) is 20.7 Å². The Bertz CT molecular complexity index is 821. The topological polar surface area (TPSA) is 103 Å². The fraction of sp³-hybridized carbons (Fsp3) is 0.211. The van der Waals surface area contributed by atoms with E-state index in [0.29, 0.717) is 23.5 Å². The van der Waals surface area contributed by atoms with E-state index in [9.17, 15) is 14.4 Å². The first-order valence-electron chi connectivity index (χ1n) is 8.06. The summed E-state index contributed by atoms with van der Waals surface area (Å²) < 4.78 is 14.4. The van der Waals surface area contributed by atoms with Crippen LogP contribution < -0.4 is 10.6 Å². The smallest absolute Gasteiger partial charge is 0.411 e. The molecule has 0 unspecified atom stereocenters. The maximum absolute atomic E-state index is 12.4. The Morgan fingerprint density at radius 2 is 1.52 bits per heavy atom. The summed E-state index contributed by atoms with van der Waals surface area (Å²) in [6.07, 6.45) is -0.624. The van der Waals surface area contributed by atoms with Crippen LogP contribution in [0.25, 0.3) is 0 Å². The number of ether oxygens (including phenoxy) is 3. The van der Waals surface area contributed by atoms with E-state index in [1.807, 2.05) is 0 Å². The predicted octanol–water partition coefficient (Wildman–Crippen LogP) is 2.92. The highest BCUT2D eigenvalue weighted by molar-refractivity contribution is 6.06. The fourth-order valence-corrected chi connectivity index (χ4v) is 2.15. The lowest BCUT2D eigenvalue weighted by molar-refractivity contribution is 0.0600. The molecule has 0 atom stereocenters. The van der Waals surface area contributed by atoms with Gasteiger partial charge < -0.3 is 19.5 Å². The van der Waals surface area contributed by atoms with Crippen molar-refractivity contribution < 1.29 is 28.6 Å². The first kappa shape index (κ1) is 19.9. The van der Waals surface area contributed by atoms with Crippen LogP contribution in [-0.2, 0) is 14.2 Å². The molecule has 0 aliphatic heterocycles. The van der Waals surface area contributed by atoms with E-state index < -0.39 is 18.0 Å². The Morgan fingerprint density at radius 3 is 2.22 bits per heavy atom. The molecule has 0 radical (unpaired) electrons. The normalized spacial score (nSPS) is 10.0. The largest absolute Gasteiger partial charge is 0.465 e. The summed E-state index contributed by atoms with van der Waals surface area (Å²) in [7, 11) is 2.78. The molecular formula is C19H20N2O6. The molecule has 0 fully saturated rings. The van der Waals surface area contributed by atoms with Crippen molar-refractivity contribution in [2.24, 2.45) is 0 Å². The number of amides is 2. The predicted molar refractivity (Wildman–Crippen MR) is 99.0 cm³/mol. The number of hydrogen-bond donors (Lipinski definition) is 2. The Labute approximate surface area is 156 Å². The highest BCUT2D eigenvalue weighted by atomic mass is 16.6.